The average Bonchev–Trinajstić information content (AvgIpc) is 3.03. The van der Waals surface area contributed by atoms with E-state index in [2.05, 4.69) is 0 Å². The van der Waals surface area contributed by atoms with E-state index in [1.165, 1.54) is 30.3 Å². The minimum absolute atomic E-state index is 0.0156. The lowest BCUT2D eigenvalue weighted by molar-refractivity contribution is 0.590. The van der Waals surface area contributed by atoms with Crippen LogP contribution >= 0.6 is 11.3 Å². The van der Waals surface area contributed by atoms with Gasteiger partial charge in [-0.25, -0.2) is 25.3 Å². The Morgan fingerprint density at radius 1 is 0.846 bits per heavy atom. The lowest BCUT2D eigenvalue weighted by Crippen LogP contribution is -2.12. The van der Waals surface area contributed by atoms with Crippen molar-refractivity contribution in [2.75, 3.05) is 17.8 Å². The van der Waals surface area contributed by atoms with Crippen LogP contribution in [0, 0.1) is 0 Å². The Morgan fingerprint density at radius 2 is 1.42 bits per heavy atom. The largest absolute Gasteiger partial charge is 0.326 e. The maximum Gasteiger partial charge on any atom is 0.215 e. The highest BCUT2D eigenvalue weighted by Crippen LogP contribution is 2.28. The van der Waals surface area contributed by atoms with Gasteiger partial charge in [0.1, 0.15) is 14.0 Å². The molecule has 1 aromatic carbocycles. The molecule has 0 unspecified atom stereocenters. The van der Waals surface area contributed by atoms with Crippen LogP contribution in [0.3, 0.4) is 0 Å². The van der Waals surface area contributed by atoms with E-state index < -0.39 is 29.5 Å². The zero-order valence-electron chi connectivity index (χ0n) is 14.0. The van der Waals surface area contributed by atoms with Crippen LogP contribution in [-0.4, -0.2) is 43.0 Å². The molecule has 0 spiro atoms. The van der Waals surface area contributed by atoms with Gasteiger partial charge in [-0.2, -0.15) is 0 Å². The second-order valence-corrected chi connectivity index (χ2v) is 13.4. The highest BCUT2D eigenvalue weighted by Gasteiger charge is 2.22. The molecule has 11 heteroatoms. The van der Waals surface area contributed by atoms with Gasteiger partial charge in [0.25, 0.3) is 0 Å². The summed E-state index contributed by atoms with van der Waals surface area (Å²) >= 11 is 1.07. The third-order valence-corrected chi connectivity index (χ3v) is 9.74. The fourth-order valence-corrected chi connectivity index (χ4v) is 6.98. The van der Waals surface area contributed by atoms with Crippen LogP contribution in [0.5, 0.6) is 0 Å². The molecular weight excluding hydrogens is 418 g/mol. The fraction of sp³-hybridized carbons (Fsp3) is 0.333. The predicted octanol–water partition coefficient (Wildman–Crippen LogP) is 1.25. The summed E-state index contributed by atoms with van der Waals surface area (Å²) in [6.45, 7) is 0.241. The Morgan fingerprint density at radius 3 is 1.92 bits per heavy atom. The van der Waals surface area contributed by atoms with Crippen LogP contribution in [0.4, 0.5) is 0 Å². The first-order valence-corrected chi connectivity index (χ1v) is 13.5. The Bertz CT molecular complexity index is 1080. The molecule has 1 heterocycles. The molecule has 0 radical (unpaired) electrons. The van der Waals surface area contributed by atoms with Gasteiger partial charge in [-0.15, -0.1) is 11.3 Å². The Hall–Kier alpha value is -1.27. The third kappa shape index (κ3) is 5.13. The first kappa shape index (κ1) is 21.0. The van der Waals surface area contributed by atoms with Gasteiger partial charge in [-0.05, 0) is 42.8 Å². The fourth-order valence-electron chi connectivity index (χ4n) is 2.18. The van der Waals surface area contributed by atoms with Crippen LogP contribution in [0.15, 0.2) is 50.4 Å². The molecule has 144 valence electrons. The van der Waals surface area contributed by atoms with E-state index in [4.69, 9.17) is 5.73 Å². The van der Waals surface area contributed by atoms with E-state index >= 15 is 0 Å². The van der Waals surface area contributed by atoms with E-state index in [-0.39, 0.29) is 38.5 Å². The smallest absolute Gasteiger partial charge is 0.215 e. The number of nitrogens with two attached hydrogens (primary N) is 1. The van der Waals surface area contributed by atoms with Crippen molar-refractivity contribution < 1.29 is 25.3 Å². The number of sulfone groups is 3. The summed E-state index contributed by atoms with van der Waals surface area (Å²) in [5.41, 5.74) is 5.49. The predicted molar refractivity (Wildman–Crippen MR) is 100 cm³/mol. The highest BCUT2D eigenvalue weighted by atomic mass is 32.2. The van der Waals surface area contributed by atoms with Crippen molar-refractivity contribution in [1.82, 2.24) is 0 Å². The SMILES string of the molecule is CS(=O)(=O)CCCS(=O)(=O)c1ccc(S(=O)(=O)c2ccc(CN)s2)cc1. The standard InChI is InChI=1S/C15H19NO6S4/c1-24(17,18)9-2-10-25(19,20)13-4-6-14(7-5-13)26(21,22)15-8-3-12(11-16)23-15/h3-8H,2,9-11,16H2,1H3. The quantitative estimate of drug-likeness (QED) is 0.658. The zero-order valence-corrected chi connectivity index (χ0v) is 17.2. The van der Waals surface area contributed by atoms with Crippen molar-refractivity contribution in [2.45, 2.75) is 27.0 Å². The summed E-state index contributed by atoms with van der Waals surface area (Å²) in [4.78, 5) is 0.672. The number of rotatable bonds is 8. The van der Waals surface area contributed by atoms with E-state index in [0.717, 1.165) is 22.5 Å². The molecule has 7 nitrogen and oxygen atoms in total. The first-order valence-electron chi connectivity index (χ1n) is 7.50. The summed E-state index contributed by atoms with van der Waals surface area (Å²) in [5, 5.41) is 0. The van der Waals surface area contributed by atoms with Gasteiger partial charge >= 0.3 is 0 Å². The van der Waals surface area contributed by atoms with Crippen LogP contribution in [0.1, 0.15) is 11.3 Å². The highest BCUT2D eigenvalue weighted by molar-refractivity contribution is 7.93. The van der Waals surface area contributed by atoms with Gasteiger partial charge in [-0.1, -0.05) is 0 Å². The normalized spacial score (nSPS) is 13.0. The molecule has 0 aliphatic heterocycles. The molecule has 0 bridgehead atoms. The van der Waals surface area contributed by atoms with Crippen LogP contribution in [0.25, 0.3) is 0 Å². The number of hydrogen-bond donors (Lipinski definition) is 1. The summed E-state index contributed by atoms with van der Waals surface area (Å²) in [6, 6.07) is 8.03. The van der Waals surface area contributed by atoms with Gasteiger partial charge in [0.05, 0.1) is 21.3 Å². The van der Waals surface area contributed by atoms with Crippen molar-refractivity contribution >= 4 is 40.8 Å². The van der Waals surface area contributed by atoms with Crippen LogP contribution in [0.2, 0.25) is 0 Å². The molecule has 0 aliphatic rings. The second-order valence-electron chi connectivity index (χ2n) is 5.70. The molecule has 2 aromatic rings. The Kier molecular flexibility index (Phi) is 6.28. The van der Waals surface area contributed by atoms with E-state index in [1.807, 2.05) is 0 Å². The maximum absolute atomic E-state index is 12.6. The molecule has 0 saturated carbocycles. The van der Waals surface area contributed by atoms with Gasteiger partial charge < -0.3 is 5.73 Å². The molecule has 2 N–H and O–H groups in total. The molecule has 0 aliphatic carbocycles. The molecule has 26 heavy (non-hydrogen) atoms. The van der Waals surface area contributed by atoms with E-state index in [1.54, 1.807) is 6.07 Å². The van der Waals surface area contributed by atoms with Crippen LogP contribution < -0.4 is 5.73 Å². The van der Waals surface area contributed by atoms with Gasteiger partial charge in [0.2, 0.25) is 9.84 Å². The zero-order chi connectivity index (χ0) is 19.6. The van der Waals surface area contributed by atoms with Gasteiger partial charge in [0, 0.05) is 17.7 Å². The molecule has 0 fully saturated rings. The van der Waals surface area contributed by atoms with Crippen molar-refractivity contribution in [3.63, 3.8) is 0 Å². The average molecular weight is 438 g/mol. The van der Waals surface area contributed by atoms with Crippen LogP contribution in [-0.2, 0) is 36.1 Å². The molecular formula is C15H19NO6S4. The van der Waals surface area contributed by atoms with Crippen molar-refractivity contribution in [3.05, 3.63) is 41.3 Å². The van der Waals surface area contributed by atoms with Crippen molar-refractivity contribution in [1.29, 1.82) is 0 Å². The lowest BCUT2D eigenvalue weighted by Gasteiger charge is -2.06. The Labute approximate surface area is 157 Å². The molecule has 0 amide bonds. The topological polar surface area (TPSA) is 128 Å². The lowest BCUT2D eigenvalue weighted by atomic mass is 10.4. The Balaban J connectivity index is 2.21. The number of thiophene rings is 1. The minimum Gasteiger partial charge on any atom is -0.326 e. The molecule has 1 aromatic heterocycles. The summed E-state index contributed by atoms with van der Waals surface area (Å²) in [5.74, 6) is -0.544. The number of benzene rings is 1. The monoisotopic (exact) mass is 437 g/mol. The maximum atomic E-state index is 12.6. The van der Waals surface area contributed by atoms with E-state index in [9.17, 15) is 25.3 Å². The van der Waals surface area contributed by atoms with Gasteiger partial charge in [0.15, 0.2) is 9.84 Å². The molecule has 2 rings (SSSR count). The second kappa shape index (κ2) is 7.77. The first-order chi connectivity index (χ1) is 12.0. The molecule has 0 atom stereocenters. The summed E-state index contributed by atoms with van der Waals surface area (Å²) in [7, 11) is -10.7. The van der Waals surface area contributed by atoms with Crippen molar-refractivity contribution in [3.8, 4) is 0 Å². The van der Waals surface area contributed by atoms with E-state index in [0.29, 0.717) is 0 Å². The molecule has 0 saturated heterocycles. The third-order valence-electron chi connectivity index (χ3n) is 3.52. The van der Waals surface area contributed by atoms with Crippen molar-refractivity contribution in [2.24, 2.45) is 5.73 Å². The van der Waals surface area contributed by atoms with Gasteiger partial charge in [-0.3, -0.25) is 0 Å². The number of hydrogen-bond acceptors (Lipinski definition) is 8. The summed E-state index contributed by atoms with van der Waals surface area (Å²) in [6.07, 6.45) is 1.03. The summed E-state index contributed by atoms with van der Waals surface area (Å²) < 4.78 is 71.9. The minimum atomic E-state index is -3.74.